The summed E-state index contributed by atoms with van der Waals surface area (Å²) in [6, 6.07) is 17.2. The molecule has 3 rings (SSSR count). The van der Waals surface area contributed by atoms with Crippen LogP contribution in [0, 0.1) is 6.92 Å². The van der Waals surface area contributed by atoms with Crippen LogP contribution in [-0.4, -0.2) is 9.97 Å². The Morgan fingerprint density at radius 2 is 1.62 bits per heavy atom. The minimum atomic E-state index is 0.564. The second-order valence-electron chi connectivity index (χ2n) is 5.34. The third kappa shape index (κ3) is 4.60. The van der Waals surface area contributed by atoms with Crippen LogP contribution in [0.1, 0.15) is 11.3 Å². The van der Waals surface area contributed by atoms with Crippen LogP contribution in [0.5, 0.6) is 0 Å². The van der Waals surface area contributed by atoms with E-state index in [1.165, 1.54) is 5.56 Å². The van der Waals surface area contributed by atoms with E-state index in [-0.39, 0.29) is 0 Å². The van der Waals surface area contributed by atoms with Crippen molar-refractivity contribution in [2.75, 3.05) is 10.6 Å². The summed E-state index contributed by atoms with van der Waals surface area (Å²) in [5.74, 6) is 1.24. The number of halogens is 2. The lowest BCUT2D eigenvalue weighted by atomic mass is 10.2. The van der Waals surface area contributed by atoms with E-state index in [2.05, 4.69) is 32.7 Å². The third-order valence-electron chi connectivity index (χ3n) is 3.28. The molecule has 2 N–H and O–H groups in total. The van der Waals surface area contributed by atoms with Gasteiger partial charge in [0.2, 0.25) is 5.95 Å². The van der Waals surface area contributed by atoms with E-state index in [0.717, 1.165) is 11.4 Å². The van der Waals surface area contributed by atoms with Gasteiger partial charge in [-0.3, -0.25) is 0 Å². The Morgan fingerprint density at radius 1 is 0.917 bits per heavy atom. The van der Waals surface area contributed by atoms with Crippen molar-refractivity contribution in [3.05, 3.63) is 75.9 Å². The third-order valence-corrected chi connectivity index (χ3v) is 3.72. The standard InChI is InChI=1S/C18H16Cl2N4/c1-12-7-17(23-16-9-14(19)8-15(20)10-16)24-18(22-12)21-11-13-5-3-2-4-6-13/h2-10H,11H2,1H3,(H2,21,22,23,24). The molecule has 0 unspecified atom stereocenters. The lowest BCUT2D eigenvalue weighted by Crippen LogP contribution is -2.06. The quantitative estimate of drug-likeness (QED) is 0.636. The fraction of sp³-hybridized carbons (Fsp3) is 0.111. The second kappa shape index (κ2) is 7.51. The van der Waals surface area contributed by atoms with Crippen LogP contribution in [0.3, 0.4) is 0 Å². The first-order valence-electron chi connectivity index (χ1n) is 7.45. The summed E-state index contributed by atoms with van der Waals surface area (Å²) < 4.78 is 0. The van der Waals surface area contributed by atoms with Crippen LogP contribution in [0.2, 0.25) is 10.0 Å². The lowest BCUT2D eigenvalue weighted by Gasteiger charge is -2.10. The van der Waals surface area contributed by atoms with Crippen molar-refractivity contribution in [2.45, 2.75) is 13.5 Å². The highest BCUT2D eigenvalue weighted by atomic mass is 35.5. The zero-order chi connectivity index (χ0) is 16.9. The first kappa shape index (κ1) is 16.6. The Kier molecular flexibility index (Phi) is 5.18. The van der Waals surface area contributed by atoms with Gasteiger partial charge >= 0.3 is 0 Å². The lowest BCUT2D eigenvalue weighted by molar-refractivity contribution is 1.03. The van der Waals surface area contributed by atoms with E-state index in [9.17, 15) is 0 Å². The highest BCUT2D eigenvalue weighted by Gasteiger charge is 2.04. The molecule has 0 aliphatic heterocycles. The fourth-order valence-electron chi connectivity index (χ4n) is 2.26. The Hall–Kier alpha value is -2.30. The van der Waals surface area contributed by atoms with E-state index >= 15 is 0 Å². The topological polar surface area (TPSA) is 49.8 Å². The summed E-state index contributed by atoms with van der Waals surface area (Å²) in [5, 5.41) is 7.58. The van der Waals surface area contributed by atoms with Gasteiger partial charge in [0.15, 0.2) is 0 Å². The number of hydrogen-bond donors (Lipinski definition) is 2. The van der Waals surface area contributed by atoms with Gasteiger partial charge in [0.05, 0.1) is 0 Å². The Bertz CT molecular complexity index is 817. The minimum absolute atomic E-state index is 0.564. The first-order chi connectivity index (χ1) is 11.6. The zero-order valence-corrected chi connectivity index (χ0v) is 14.6. The van der Waals surface area contributed by atoms with Gasteiger partial charge in [0.1, 0.15) is 5.82 Å². The van der Waals surface area contributed by atoms with Crippen LogP contribution >= 0.6 is 23.2 Å². The first-order valence-corrected chi connectivity index (χ1v) is 8.21. The number of nitrogens with one attached hydrogen (secondary N) is 2. The number of hydrogen-bond acceptors (Lipinski definition) is 4. The van der Waals surface area contributed by atoms with Crippen LogP contribution in [0.25, 0.3) is 0 Å². The molecule has 1 aromatic heterocycles. The summed E-state index contributed by atoms with van der Waals surface area (Å²) in [5.41, 5.74) is 2.80. The monoisotopic (exact) mass is 358 g/mol. The van der Waals surface area contributed by atoms with Crippen molar-refractivity contribution in [3.8, 4) is 0 Å². The number of nitrogens with zero attached hydrogens (tertiary/aromatic N) is 2. The average molecular weight is 359 g/mol. The molecule has 122 valence electrons. The summed E-state index contributed by atoms with van der Waals surface area (Å²) in [6.07, 6.45) is 0. The van der Waals surface area contributed by atoms with E-state index in [4.69, 9.17) is 23.2 Å². The average Bonchev–Trinajstić information content (AvgIpc) is 2.52. The van der Waals surface area contributed by atoms with Crippen LogP contribution in [0.15, 0.2) is 54.6 Å². The van der Waals surface area contributed by atoms with E-state index in [0.29, 0.717) is 28.4 Å². The van der Waals surface area contributed by atoms with Gasteiger partial charge < -0.3 is 10.6 Å². The molecule has 1 heterocycles. The Balaban J connectivity index is 1.76. The summed E-state index contributed by atoms with van der Waals surface area (Å²) in [7, 11) is 0. The predicted octanol–water partition coefficient (Wildman–Crippen LogP) is 5.45. The van der Waals surface area contributed by atoms with Gasteiger partial charge in [-0.15, -0.1) is 0 Å². The number of anilines is 3. The highest BCUT2D eigenvalue weighted by molar-refractivity contribution is 6.35. The molecule has 0 saturated heterocycles. The largest absolute Gasteiger partial charge is 0.350 e. The van der Waals surface area contributed by atoms with E-state index < -0.39 is 0 Å². The molecule has 0 amide bonds. The Labute approximate surface area is 150 Å². The molecule has 0 atom stereocenters. The minimum Gasteiger partial charge on any atom is -0.350 e. The smallest absolute Gasteiger partial charge is 0.225 e. The van der Waals surface area contributed by atoms with Crippen molar-refractivity contribution >= 4 is 40.7 Å². The van der Waals surface area contributed by atoms with Crippen molar-refractivity contribution in [2.24, 2.45) is 0 Å². The number of aromatic nitrogens is 2. The molecule has 24 heavy (non-hydrogen) atoms. The number of rotatable bonds is 5. The summed E-state index contributed by atoms with van der Waals surface area (Å²) >= 11 is 12.1. The molecular formula is C18H16Cl2N4. The fourth-order valence-corrected chi connectivity index (χ4v) is 2.79. The SMILES string of the molecule is Cc1cc(Nc2cc(Cl)cc(Cl)c2)nc(NCc2ccccc2)n1. The normalized spacial score (nSPS) is 10.5. The maximum Gasteiger partial charge on any atom is 0.225 e. The maximum absolute atomic E-state index is 6.03. The van der Waals surface area contributed by atoms with Crippen LogP contribution in [-0.2, 0) is 6.54 Å². The zero-order valence-electron chi connectivity index (χ0n) is 13.1. The number of benzene rings is 2. The van der Waals surface area contributed by atoms with Crippen molar-refractivity contribution in [1.82, 2.24) is 9.97 Å². The van der Waals surface area contributed by atoms with Gasteiger partial charge in [-0.2, -0.15) is 4.98 Å². The van der Waals surface area contributed by atoms with E-state index in [1.807, 2.05) is 31.2 Å². The summed E-state index contributed by atoms with van der Waals surface area (Å²) in [6.45, 7) is 2.58. The molecule has 3 aromatic rings. The number of aryl methyl sites for hydroxylation is 1. The highest BCUT2D eigenvalue weighted by Crippen LogP contribution is 2.25. The molecule has 0 aliphatic carbocycles. The van der Waals surface area contributed by atoms with Gasteiger partial charge in [0, 0.05) is 34.0 Å². The molecule has 2 aromatic carbocycles. The molecule has 0 aliphatic rings. The van der Waals surface area contributed by atoms with Gasteiger partial charge in [-0.25, -0.2) is 4.98 Å². The maximum atomic E-state index is 6.03. The Morgan fingerprint density at radius 3 is 2.33 bits per heavy atom. The van der Waals surface area contributed by atoms with Gasteiger partial charge in [0.25, 0.3) is 0 Å². The second-order valence-corrected chi connectivity index (χ2v) is 6.21. The van der Waals surface area contributed by atoms with Crippen molar-refractivity contribution in [3.63, 3.8) is 0 Å². The predicted molar refractivity (Wildman–Crippen MR) is 100 cm³/mol. The van der Waals surface area contributed by atoms with Gasteiger partial charge in [-0.05, 0) is 30.7 Å². The molecule has 0 fully saturated rings. The van der Waals surface area contributed by atoms with Crippen LogP contribution < -0.4 is 10.6 Å². The molecular weight excluding hydrogens is 343 g/mol. The summed E-state index contributed by atoms with van der Waals surface area (Å²) in [4.78, 5) is 8.90. The molecule has 0 saturated carbocycles. The van der Waals surface area contributed by atoms with Crippen LogP contribution in [0.4, 0.5) is 17.5 Å². The molecule has 0 bridgehead atoms. The van der Waals surface area contributed by atoms with Gasteiger partial charge in [-0.1, -0.05) is 53.5 Å². The van der Waals surface area contributed by atoms with E-state index in [1.54, 1.807) is 18.2 Å². The molecule has 0 spiro atoms. The molecule has 6 heteroatoms. The molecule has 0 radical (unpaired) electrons. The molecule has 4 nitrogen and oxygen atoms in total. The van der Waals surface area contributed by atoms with Crippen molar-refractivity contribution < 1.29 is 0 Å². The van der Waals surface area contributed by atoms with Crippen molar-refractivity contribution in [1.29, 1.82) is 0 Å².